The van der Waals surface area contributed by atoms with Gasteiger partial charge in [-0.1, -0.05) is 121 Å². The second-order valence-corrected chi connectivity index (χ2v) is 13.4. The summed E-state index contributed by atoms with van der Waals surface area (Å²) in [6.07, 6.45) is 0. The monoisotopic (exact) mass is 658 g/mol. The summed E-state index contributed by atoms with van der Waals surface area (Å²) in [6.45, 7) is 0. The average Bonchev–Trinajstić information content (AvgIpc) is 3.78. The first kappa shape index (κ1) is 28.5. The van der Waals surface area contributed by atoms with Crippen molar-refractivity contribution >= 4 is 53.4 Å². The molecule has 10 aromatic rings. The molecule has 5 nitrogen and oxygen atoms in total. The lowest BCUT2D eigenvalue weighted by atomic mass is 10.00. The molecule has 234 valence electrons. The zero-order chi connectivity index (χ0) is 33.0. The van der Waals surface area contributed by atoms with Crippen LogP contribution in [0.5, 0.6) is 0 Å². The lowest BCUT2D eigenvalue weighted by molar-refractivity contribution is 0.620. The van der Waals surface area contributed by atoms with Crippen molar-refractivity contribution in [3.63, 3.8) is 0 Å². The van der Waals surface area contributed by atoms with Gasteiger partial charge in [0.25, 0.3) is 0 Å². The summed E-state index contributed by atoms with van der Waals surface area (Å²) in [4.78, 5) is 20.0. The van der Waals surface area contributed by atoms with Crippen LogP contribution in [0.2, 0.25) is 0 Å². The highest BCUT2D eigenvalue weighted by Crippen LogP contribution is 2.42. The third-order valence-electron chi connectivity index (χ3n) is 9.16. The van der Waals surface area contributed by atoms with E-state index < -0.39 is 0 Å². The number of benzene rings is 7. The summed E-state index contributed by atoms with van der Waals surface area (Å²) in [5, 5.41) is 4.64. The normalized spacial score (nSPS) is 11.6. The van der Waals surface area contributed by atoms with E-state index in [0.29, 0.717) is 23.4 Å². The van der Waals surface area contributed by atoms with Gasteiger partial charge in [-0.3, -0.25) is 0 Å². The van der Waals surface area contributed by atoms with Gasteiger partial charge < -0.3 is 4.42 Å². The van der Waals surface area contributed by atoms with Crippen LogP contribution in [0.3, 0.4) is 0 Å². The van der Waals surface area contributed by atoms with Crippen molar-refractivity contribution in [1.29, 1.82) is 0 Å². The van der Waals surface area contributed by atoms with Gasteiger partial charge in [0.2, 0.25) is 5.89 Å². The van der Waals surface area contributed by atoms with E-state index in [1.165, 1.54) is 16.3 Å². The van der Waals surface area contributed by atoms with E-state index in [4.69, 9.17) is 24.4 Å². The molecule has 50 heavy (non-hydrogen) atoms. The topological polar surface area (TPSA) is 64.7 Å². The summed E-state index contributed by atoms with van der Waals surface area (Å²) < 4.78 is 8.58. The highest BCUT2D eigenvalue weighted by atomic mass is 32.1. The molecule has 0 N–H and O–H groups in total. The van der Waals surface area contributed by atoms with Crippen molar-refractivity contribution in [2.24, 2.45) is 0 Å². The molecule has 0 saturated carbocycles. The van der Waals surface area contributed by atoms with Crippen molar-refractivity contribution in [1.82, 2.24) is 19.9 Å². The minimum atomic E-state index is 0.615. The third-order valence-corrected chi connectivity index (χ3v) is 10.3. The van der Waals surface area contributed by atoms with Crippen LogP contribution in [0.25, 0.3) is 98.8 Å². The van der Waals surface area contributed by atoms with Gasteiger partial charge in [-0.15, -0.1) is 11.3 Å². The lowest BCUT2D eigenvalue weighted by Crippen LogP contribution is -2.00. The molecule has 7 aromatic carbocycles. The van der Waals surface area contributed by atoms with Gasteiger partial charge in [0.1, 0.15) is 5.52 Å². The number of nitrogens with zero attached hydrogens (tertiary/aromatic N) is 4. The molecular formula is C44H26N4OS. The van der Waals surface area contributed by atoms with Crippen LogP contribution in [-0.4, -0.2) is 19.9 Å². The van der Waals surface area contributed by atoms with Crippen molar-refractivity contribution in [2.75, 3.05) is 0 Å². The van der Waals surface area contributed by atoms with Gasteiger partial charge in [0, 0.05) is 42.4 Å². The van der Waals surface area contributed by atoms with Gasteiger partial charge in [-0.25, -0.2) is 19.9 Å². The maximum atomic E-state index is 6.29. The zero-order valence-electron chi connectivity index (χ0n) is 26.6. The molecule has 0 radical (unpaired) electrons. The summed E-state index contributed by atoms with van der Waals surface area (Å²) in [5.74, 6) is 2.50. The number of aromatic nitrogens is 4. The van der Waals surface area contributed by atoms with Gasteiger partial charge in [0.15, 0.2) is 23.1 Å². The predicted octanol–water partition coefficient (Wildman–Crippen LogP) is 11.9. The van der Waals surface area contributed by atoms with E-state index in [-0.39, 0.29) is 0 Å². The van der Waals surface area contributed by atoms with E-state index >= 15 is 0 Å². The maximum Gasteiger partial charge on any atom is 0.227 e. The first-order valence-corrected chi connectivity index (χ1v) is 17.3. The second-order valence-electron chi connectivity index (χ2n) is 12.3. The molecule has 0 spiro atoms. The SMILES string of the molecule is c1ccc(-c2nc(-c3ccc(-c4ccc5ccccc5c4)cc3)nc(-c3cccc4sc5cc6nc(-c7ccccc7)oc6cc5c34)n2)cc1. The Morgan fingerprint density at radius 1 is 0.420 bits per heavy atom. The predicted molar refractivity (Wildman–Crippen MR) is 205 cm³/mol. The van der Waals surface area contributed by atoms with E-state index in [1.807, 2.05) is 60.7 Å². The van der Waals surface area contributed by atoms with Gasteiger partial charge in [0.05, 0.1) is 0 Å². The summed E-state index contributed by atoms with van der Waals surface area (Å²) in [7, 11) is 0. The molecule has 0 amide bonds. The van der Waals surface area contributed by atoms with E-state index in [1.54, 1.807) is 11.3 Å². The Morgan fingerprint density at radius 2 is 1.06 bits per heavy atom. The summed E-state index contributed by atoms with van der Waals surface area (Å²) in [5.41, 5.74) is 7.66. The Bertz CT molecular complexity index is 2860. The molecule has 0 fully saturated rings. The van der Waals surface area contributed by atoms with Gasteiger partial charge in [-0.05, 0) is 58.3 Å². The Morgan fingerprint density at radius 3 is 1.84 bits per heavy atom. The van der Waals surface area contributed by atoms with Gasteiger partial charge in [-0.2, -0.15) is 0 Å². The van der Waals surface area contributed by atoms with Crippen LogP contribution in [0, 0.1) is 0 Å². The molecule has 3 aromatic heterocycles. The fraction of sp³-hybridized carbons (Fsp3) is 0. The van der Waals surface area contributed by atoms with Crippen molar-refractivity contribution < 1.29 is 4.42 Å². The van der Waals surface area contributed by atoms with Crippen LogP contribution in [0.15, 0.2) is 162 Å². The number of hydrogen-bond acceptors (Lipinski definition) is 6. The zero-order valence-corrected chi connectivity index (χ0v) is 27.4. The lowest BCUT2D eigenvalue weighted by Gasteiger charge is -2.10. The molecule has 0 saturated heterocycles. The highest BCUT2D eigenvalue weighted by molar-refractivity contribution is 7.26. The molecule has 0 aliphatic rings. The molecule has 0 atom stereocenters. The minimum Gasteiger partial charge on any atom is -0.436 e. The molecule has 0 bridgehead atoms. The molecule has 3 heterocycles. The summed E-state index contributed by atoms with van der Waals surface area (Å²) in [6, 6.07) is 54.2. The molecule has 6 heteroatoms. The maximum absolute atomic E-state index is 6.29. The number of rotatable bonds is 5. The number of oxazole rings is 1. The summed E-state index contributed by atoms with van der Waals surface area (Å²) >= 11 is 1.74. The molecule has 10 rings (SSSR count). The molecule has 0 aliphatic carbocycles. The number of thiophene rings is 1. The van der Waals surface area contributed by atoms with Crippen LogP contribution in [-0.2, 0) is 0 Å². The quantitative estimate of drug-likeness (QED) is 0.184. The fourth-order valence-corrected chi connectivity index (χ4v) is 7.81. The number of hydrogen-bond donors (Lipinski definition) is 0. The van der Waals surface area contributed by atoms with Crippen molar-refractivity contribution in [3.05, 3.63) is 158 Å². The Balaban J connectivity index is 1.12. The van der Waals surface area contributed by atoms with E-state index in [2.05, 4.69) is 97.1 Å². The van der Waals surface area contributed by atoms with Gasteiger partial charge >= 0.3 is 0 Å². The van der Waals surface area contributed by atoms with E-state index in [9.17, 15) is 0 Å². The number of fused-ring (bicyclic) bond motifs is 5. The average molecular weight is 659 g/mol. The van der Waals surface area contributed by atoms with Crippen LogP contribution in [0.1, 0.15) is 0 Å². The third kappa shape index (κ3) is 4.93. The van der Waals surface area contributed by atoms with Crippen LogP contribution in [0.4, 0.5) is 0 Å². The van der Waals surface area contributed by atoms with E-state index in [0.717, 1.165) is 59.1 Å². The highest BCUT2D eigenvalue weighted by Gasteiger charge is 2.19. The standard InChI is InChI=1S/C44H26N4OS/c1-3-11-29(12-4-1)41-46-42(30-21-18-28(19-22-30)33-23-20-27-10-7-8-15-32(27)24-33)48-43(47-41)34-16-9-17-38-40(34)35-25-37-36(26-39(35)50-38)45-44(49-37)31-13-5-2-6-14-31/h1-26H. The second kappa shape index (κ2) is 11.6. The Kier molecular flexibility index (Phi) is 6.60. The smallest absolute Gasteiger partial charge is 0.227 e. The largest absolute Gasteiger partial charge is 0.436 e. The minimum absolute atomic E-state index is 0.615. The fourth-order valence-electron chi connectivity index (χ4n) is 6.66. The van der Waals surface area contributed by atoms with Crippen LogP contribution >= 0.6 is 11.3 Å². The van der Waals surface area contributed by atoms with Crippen LogP contribution < -0.4 is 0 Å². The molecule has 0 unspecified atom stereocenters. The first-order chi connectivity index (χ1) is 24.7. The molecular weight excluding hydrogens is 633 g/mol. The molecule has 0 aliphatic heterocycles. The van der Waals surface area contributed by atoms with Crippen molar-refractivity contribution in [2.45, 2.75) is 0 Å². The Labute approximate surface area is 291 Å². The van der Waals surface area contributed by atoms with Crippen molar-refractivity contribution in [3.8, 4) is 56.7 Å². The Hall–Kier alpha value is -6.50. The first-order valence-electron chi connectivity index (χ1n) is 16.5.